The maximum atomic E-state index is 13.2. The van der Waals surface area contributed by atoms with Gasteiger partial charge in [-0.05, 0) is 36.2 Å². The second-order valence-electron chi connectivity index (χ2n) is 8.71. The zero-order chi connectivity index (χ0) is 25.7. The molecule has 1 atom stereocenters. The molecule has 0 radical (unpaired) electrons. The third-order valence-electron chi connectivity index (χ3n) is 6.14. The Bertz CT molecular complexity index is 1230. The number of sulfonamides is 1. The SMILES string of the molecule is O=C(O)C[C@H](NC(=O)CN1CCc2ccc(N3CCNCC3)cc2C1=O)NS(=O)(=O)c1ccccc1. The number of carbonyl (C=O) groups excluding carboxylic acids is 2. The first-order chi connectivity index (χ1) is 17.2. The predicted octanol–water partition coefficient (Wildman–Crippen LogP) is -0.01000. The average molecular weight is 516 g/mol. The van der Waals surface area contributed by atoms with E-state index in [1.807, 2.05) is 18.2 Å². The summed E-state index contributed by atoms with van der Waals surface area (Å²) in [6.07, 6.45) is -1.47. The number of amides is 2. The molecule has 2 amide bonds. The van der Waals surface area contributed by atoms with Gasteiger partial charge >= 0.3 is 5.97 Å². The molecule has 0 bridgehead atoms. The summed E-state index contributed by atoms with van der Waals surface area (Å²) >= 11 is 0. The van der Waals surface area contributed by atoms with Crippen molar-refractivity contribution in [1.29, 1.82) is 0 Å². The van der Waals surface area contributed by atoms with Crippen molar-refractivity contribution in [2.45, 2.75) is 23.9 Å². The molecular formula is C24H29N5O6S. The Morgan fingerprint density at radius 3 is 2.47 bits per heavy atom. The van der Waals surface area contributed by atoms with Gasteiger partial charge in [0.25, 0.3) is 5.91 Å². The van der Waals surface area contributed by atoms with Crippen molar-refractivity contribution < 1.29 is 27.9 Å². The number of carboxylic acid groups (broad SMARTS) is 1. The van der Waals surface area contributed by atoms with Gasteiger partial charge in [-0.15, -0.1) is 0 Å². The minimum atomic E-state index is -4.07. The fourth-order valence-electron chi connectivity index (χ4n) is 4.34. The van der Waals surface area contributed by atoms with Crippen LogP contribution in [-0.2, 0) is 26.0 Å². The van der Waals surface area contributed by atoms with E-state index < -0.39 is 34.5 Å². The van der Waals surface area contributed by atoms with Gasteiger partial charge in [-0.1, -0.05) is 24.3 Å². The number of fused-ring (bicyclic) bond motifs is 1. The van der Waals surface area contributed by atoms with Crippen molar-refractivity contribution in [1.82, 2.24) is 20.3 Å². The van der Waals surface area contributed by atoms with Crippen LogP contribution in [0.1, 0.15) is 22.3 Å². The number of carbonyl (C=O) groups is 3. The first-order valence-electron chi connectivity index (χ1n) is 11.7. The lowest BCUT2D eigenvalue weighted by Crippen LogP contribution is -2.52. The van der Waals surface area contributed by atoms with Gasteiger partial charge in [0, 0.05) is 44.0 Å². The summed E-state index contributed by atoms with van der Waals surface area (Å²) in [5.74, 6) is -2.24. The predicted molar refractivity (Wildman–Crippen MR) is 132 cm³/mol. The Hall–Kier alpha value is -3.48. The molecule has 1 saturated heterocycles. The topological polar surface area (TPSA) is 148 Å². The first kappa shape index (κ1) is 25.6. The number of hydrogen-bond acceptors (Lipinski definition) is 7. The maximum absolute atomic E-state index is 13.2. The number of nitrogens with one attached hydrogen (secondary N) is 3. The normalized spacial score (nSPS) is 16.8. The van der Waals surface area contributed by atoms with E-state index >= 15 is 0 Å². The molecule has 2 aliphatic rings. The van der Waals surface area contributed by atoms with Crippen LogP contribution in [-0.4, -0.2) is 81.6 Å². The molecule has 2 aromatic carbocycles. The second-order valence-corrected chi connectivity index (χ2v) is 10.4. The summed E-state index contributed by atoms with van der Waals surface area (Å²) in [5.41, 5.74) is 2.40. The van der Waals surface area contributed by atoms with E-state index in [1.54, 1.807) is 6.07 Å². The highest BCUT2D eigenvalue weighted by Crippen LogP contribution is 2.25. The van der Waals surface area contributed by atoms with Crippen LogP contribution < -0.4 is 20.3 Å². The molecule has 0 aliphatic carbocycles. The fourth-order valence-corrected chi connectivity index (χ4v) is 5.51. The summed E-state index contributed by atoms with van der Waals surface area (Å²) < 4.78 is 27.5. The van der Waals surface area contributed by atoms with Gasteiger partial charge in [-0.2, -0.15) is 4.72 Å². The van der Waals surface area contributed by atoms with Crippen molar-refractivity contribution in [2.24, 2.45) is 0 Å². The molecule has 4 N–H and O–H groups in total. The number of anilines is 1. The van der Waals surface area contributed by atoms with Crippen LogP contribution in [0, 0.1) is 0 Å². The highest BCUT2D eigenvalue weighted by Gasteiger charge is 2.29. The number of benzene rings is 2. The van der Waals surface area contributed by atoms with Crippen molar-refractivity contribution in [2.75, 3.05) is 44.2 Å². The van der Waals surface area contributed by atoms with E-state index in [0.717, 1.165) is 37.4 Å². The van der Waals surface area contributed by atoms with Crippen LogP contribution >= 0.6 is 0 Å². The number of carboxylic acids is 1. The van der Waals surface area contributed by atoms with Crippen molar-refractivity contribution in [3.05, 3.63) is 59.7 Å². The lowest BCUT2D eigenvalue weighted by molar-refractivity contribution is -0.137. The Kier molecular flexibility index (Phi) is 7.87. The molecule has 2 aliphatic heterocycles. The number of rotatable bonds is 9. The van der Waals surface area contributed by atoms with Crippen molar-refractivity contribution in [3.8, 4) is 0 Å². The van der Waals surface area contributed by atoms with E-state index in [1.165, 1.54) is 29.2 Å². The summed E-state index contributed by atoms with van der Waals surface area (Å²) in [4.78, 5) is 40.8. The van der Waals surface area contributed by atoms with E-state index in [0.29, 0.717) is 18.5 Å². The maximum Gasteiger partial charge on any atom is 0.306 e. The van der Waals surface area contributed by atoms with E-state index in [-0.39, 0.29) is 17.3 Å². The highest BCUT2D eigenvalue weighted by molar-refractivity contribution is 7.89. The molecular weight excluding hydrogens is 486 g/mol. The zero-order valence-corrected chi connectivity index (χ0v) is 20.5. The number of piperazine rings is 1. The molecule has 12 heteroatoms. The van der Waals surface area contributed by atoms with Gasteiger partial charge in [-0.3, -0.25) is 14.4 Å². The van der Waals surface area contributed by atoms with Crippen LogP contribution in [0.4, 0.5) is 5.69 Å². The monoisotopic (exact) mass is 515 g/mol. The summed E-state index contributed by atoms with van der Waals surface area (Å²) in [7, 11) is -4.07. The molecule has 1 fully saturated rings. The van der Waals surface area contributed by atoms with Crippen LogP contribution in [0.15, 0.2) is 53.4 Å². The molecule has 2 heterocycles. The lowest BCUT2D eigenvalue weighted by atomic mass is 9.97. The molecule has 0 unspecified atom stereocenters. The molecule has 11 nitrogen and oxygen atoms in total. The van der Waals surface area contributed by atoms with E-state index in [9.17, 15) is 27.9 Å². The largest absolute Gasteiger partial charge is 0.481 e. The Morgan fingerprint density at radius 1 is 1.06 bits per heavy atom. The van der Waals surface area contributed by atoms with Gasteiger partial charge in [0.1, 0.15) is 6.17 Å². The quantitative estimate of drug-likeness (QED) is 0.341. The van der Waals surface area contributed by atoms with Crippen LogP contribution in [0.25, 0.3) is 0 Å². The summed E-state index contributed by atoms with van der Waals surface area (Å²) in [5, 5.41) is 14.9. The van der Waals surface area contributed by atoms with Gasteiger partial charge < -0.3 is 25.5 Å². The summed E-state index contributed by atoms with van der Waals surface area (Å²) in [6.45, 7) is 3.41. The highest BCUT2D eigenvalue weighted by atomic mass is 32.2. The van der Waals surface area contributed by atoms with Crippen molar-refractivity contribution in [3.63, 3.8) is 0 Å². The summed E-state index contributed by atoms with van der Waals surface area (Å²) in [6, 6.07) is 13.3. The molecule has 0 spiro atoms. The van der Waals surface area contributed by atoms with E-state index in [2.05, 4.69) is 20.3 Å². The zero-order valence-electron chi connectivity index (χ0n) is 19.6. The van der Waals surface area contributed by atoms with Gasteiger partial charge in [0.15, 0.2) is 0 Å². The molecule has 4 rings (SSSR count). The third-order valence-corrected chi connectivity index (χ3v) is 7.63. The van der Waals surface area contributed by atoms with Gasteiger partial charge in [0.2, 0.25) is 15.9 Å². The fraction of sp³-hybridized carbons (Fsp3) is 0.375. The smallest absolute Gasteiger partial charge is 0.306 e. The standard InChI is InChI=1S/C24H29N5O6S/c30-22(26-21(15-23(31)32)27-36(34,35)19-4-2-1-3-5-19)16-29-11-8-17-6-7-18(14-20(17)24(29)33)28-12-9-25-10-13-28/h1-7,14,21,25,27H,8-13,15-16H2,(H,26,30)(H,31,32)/t21-/m1/s1. The Balaban J connectivity index is 1.43. The third kappa shape index (κ3) is 6.20. The second kappa shape index (κ2) is 11.1. The molecule has 192 valence electrons. The number of nitrogens with zero attached hydrogens (tertiary/aromatic N) is 2. The molecule has 0 aromatic heterocycles. The molecule has 0 saturated carbocycles. The Labute approximate surface area is 209 Å². The lowest BCUT2D eigenvalue weighted by Gasteiger charge is -2.32. The first-order valence-corrected chi connectivity index (χ1v) is 13.2. The van der Waals surface area contributed by atoms with E-state index in [4.69, 9.17) is 0 Å². The number of hydrogen-bond donors (Lipinski definition) is 4. The minimum absolute atomic E-state index is 0.0576. The molecule has 2 aromatic rings. The minimum Gasteiger partial charge on any atom is -0.481 e. The van der Waals surface area contributed by atoms with Crippen LogP contribution in [0.2, 0.25) is 0 Å². The Morgan fingerprint density at radius 2 is 1.78 bits per heavy atom. The van der Waals surface area contributed by atoms with Gasteiger partial charge in [-0.25, -0.2) is 8.42 Å². The van der Waals surface area contributed by atoms with Crippen LogP contribution in [0.5, 0.6) is 0 Å². The van der Waals surface area contributed by atoms with Gasteiger partial charge in [0.05, 0.1) is 17.9 Å². The average Bonchev–Trinajstić information content (AvgIpc) is 2.86. The van der Waals surface area contributed by atoms with Crippen LogP contribution in [0.3, 0.4) is 0 Å². The molecule has 36 heavy (non-hydrogen) atoms. The van der Waals surface area contributed by atoms with Crippen molar-refractivity contribution >= 4 is 33.5 Å². The number of aliphatic carboxylic acids is 1.